The number of amides is 1. The van der Waals surface area contributed by atoms with Crippen molar-refractivity contribution in [2.75, 3.05) is 32.0 Å². The van der Waals surface area contributed by atoms with Gasteiger partial charge in [-0.05, 0) is 57.3 Å². The van der Waals surface area contributed by atoms with E-state index in [1.807, 2.05) is 0 Å². The molecule has 7 heteroatoms. The maximum absolute atomic E-state index is 12.1. The van der Waals surface area contributed by atoms with Crippen LogP contribution in [-0.2, 0) is 0 Å². The Morgan fingerprint density at radius 3 is 2.83 bits per heavy atom. The predicted molar refractivity (Wildman–Crippen MR) is 92.3 cm³/mol. The number of rotatable bonds is 6. The van der Waals surface area contributed by atoms with Gasteiger partial charge >= 0.3 is 0 Å². The molecule has 0 spiro atoms. The molecule has 2 aliphatic rings. The summed E-state index contributed by atoms with van der Waals surface area (Å²) in [6.45, 7) is 2.82. The lowest BCUT2D eigenvalue weighted by atomic mass is 9.98. The van der Waals surface area contributed by atoms with Gasteiger partial charge in [-0.25, -0.2) is 0 Å². The molecule has 3 rings (SSSR count). The van der Waals surface area contributed by atoms with Crippen LogP contribution >= 0.6 is 0 Å². The third-order valence-electron chi connectivity index (χ3n) is 4.67. The quantitative estimate of drug-likeness (QED) is 0.616. The Hall–Kier alpha value is -2.15. The molecule has 1 unspecified atom stereocenters. The highest BCUT2D eigenvalue weighted by Gasteiger charge is 2.25. The van der Waals surface area contributed by atoms with Gasteiger partial charge in [-0.2, -0.15) is 0 Å². The maximum Gasteiger partial charge on any atom is 0.293 e. The predicted octanol–water partition coefficient (Wildman–Crippen LogP) is 2.24. The molecule has 0 bridgehead atoms. The summed E-state index contributed by atoms with van der Waals surface area (Å²) < 4.78 is 0. The largest absolute Gasteiger partial charge is 0.379 e. The molecule has 1 amide bonds. The zero-order chi connectivity index (χ0) is 17.1. The third kappa shape index (κ3) is 4.23. The molecule has 0 aromatic heterocycles. The molecule has 130 valence electrons. The second-order valence-corrected chi connectivity index (χ2v) is 6.89. The van der Waals surface area contributed by atoms with E-state index in [1.165, 1.54) is 6.07 Å². The van der Waals surface area contributed by atoms with Crippen LogP contribution in [0.1, 0.15) is 36.0 Å². The molecule has 0 radical (unpaired) electrons. The molecule has 7 nitrogen and oxygen atoms in total. The highest BCUT2D eigenvalue weighted by atomic mass is 16.6. The lowest BCUT2D eigenvalue weighted by molar-refractivity contribution is -0.384. The van der Waals surface area contributed by atoms with Gasteiger partial charge in [-0.1, -0.05) is 0 Å². The Labute approximate surface area is 141 Å². The molecular formula is C17H24N4O3. The summed E-state index contributed by atoms with van der Waals surface area (Å²) in [7, 11) is 2.10. The van der Waals surface area contributed by atoms with Gasteiger partial charge in [-0.15, -0.1) is 0 Å². The molecule has 1 saturated carbocycles. The van der Waals surface area contributed by atoms with Crippen LogP contribution in [0.2, 0.25) is 0 Å². The summed E-state index contributed by atoms with van der Waals surface area (Å²) in [5.74, 6) is 0.252. The van der Waals surface area contributed by atoms with Gasteiger partial charge in [-0.3, -0.25) is 14.9 Å². The average molecular weight is 332 g/mol. The SMILES string of the molecule is CN1CCCC(CNc2ccc(C(=O)NC3CC3)cc2[N+](=O)[O-])C1. The van der Waals surface area contributed by atoms with Crippen LogP contribution < -0.4 is 10.6 Å². The van der Waals surface area contributed by atoms with Crippen molar-refractivity contribution in [3.05, 3.63) is 33.9 Å². The van der Waals surface area contributed by atoms with Crippen molar-refractivity contribution in [1.29, 1.82) is 0 Å². The molecule has 1 heterocycles. The second kappa shape index (κ2) is 7.17. The number of nitro groups is 1. The number of likely N-dealkylation sites (tertiary alicyclic amines) is 1. The van der Waals surface area contributed by atoms with E-state index in [0.29, 0.717) is 23.7 Å². The number of anilines is 1. The first-order chi connectivity index (χ1) is 11.5. The van der Waals surface area contributed by atoms with E-state index in [-0.39, 0.29) is 17.6 Å². The maximum atomic E-state index is 12.1. The number of nitrogens with zero attached hydrogens (tertiary/aromatic N) is 2. The van der Waals surface area contributed by atoms with E-state index < -0.39 is 4.92 Å². The van der Waals surface area contributed by atoms with Crippen LogP contribution in [0.4, 0.5) is 11.4 Å². The summed E-state index contributed by atoms with van der Waals surface area (Å²) in [5, 5.41) is 17.4. The number of carbonyl (C=O) groups excluding carboxylic acids is 1. The van der Waals surface area contributed by atoms with E-state index in [4.69, 9.17) is 0 Å². The Kier molecular flexibility index (Phi) is 4.99. The smallest absolute Gasteiger partial charge is 0.293 e. The molecule has 1 aliphatic heterocycles. The molecule has 1 aromatic carbocycles. The van der Waals surface area contributed by atoms with Gasteiger partial charge < -0.3 is 15.5 Å². The van der Waals surface area contributed by atoms with Crippen molar-refractivity contribution in [3.8, 4) is 0 Å². The Bertz CT molecular complexity index is 630. The number of piperidine rings is 1. The zero-order valence-electron chi connectivity index (χ0n) is 14.0. The summed E-state index contributed by atoms with van der Waals surface area (Å²) in [5.41, 5.74) is 0.787. The van der Waals surface area contributed by atoms with Crippen LogP contribution in [-0.4, -0.2) is 48.5 Å². The molecule has 24 heavy (non-hydrogen) atoms. The van der Waals surface area contributed by atoms with Gasteiger partial charge in [0.1, 0.15) is 5.69 Å². The first-order valence-electron chi connectivity index (χ1n) is 8.54. The van der Waals surface area contributed by atoms with Crippen molar-refractivity contribution in [1.82, 2.24) is 10.2 Å². The highest BCUT2D eigenvalue weighted by molar-refractivity contribution is 5.96. The summed E-state index contributed by atoms with van der Waals surface area (Å²) in [6.07, 6.45) is 4.27. The zero-order valence-corrected chi connectivity index (χ0v) is 14.0. The van der Waals surface area contributed by atoms with E-state index in [2.05, 4.69) is 22.6 Å². The second-order valence-electron chi connectivity index (χ2n) is 6.89. The summed E-state index contributed by atoms with van der Waals surface area (Å²) >= 11 is 0. The normalized spacial score (nSPS) is 21.3. The Balaban J connectivity index is 1.67. The number of nitro benzene ring substituents is 1. The minimum Gasteiger partial charge on any atom is -0.379 e. The van der Waals surface area contributed by atoms with Crippen molar-refractivity contribution in [2.45, 2.75) is 31.7 Å². The summed E-state index contributed by atoms with van der Waals surface area (Å²) in [4.78, 5) is 25.3. The lowest BCUT2D eigenvalue weighted by Gasteiger charge is -2.29. The molecule has 2 N–H and O–H groups in total. The summed E-state index contributed by atoms with van der Waals surface area (Å²) in [6, 6.07) is 4.90. The third-order valence-corrected chi connectivity index (χ3v) is 4.67. The van der Waals surface area contributed by atoms with Gasteiger partial charge in [0.05, 0.1) is 4.92 Å². The number of carbonyl (C=O) groups is 1. The Morgan fingerprint density at radius 1 is 1.38 bits per heavy atom. The van der Waals surface area contributed by atoms with E-state index in [9.17, 15) is 14.9 Å². The monoisotopic (exact) mass is 332 g/mol. The fraction of sp³-hybridized carbons (Fsp3) is 0.588. The van der Waals surface area contributed by atoms with Crippen molar-refractivity contribution in [2.24, 2.45) is 5.92 Å². The van der Waals surface area contributed by atoms with Crippen LogP contribution in [0.3, 0.4) is 0 Å². The van der Waals surface area contributed by atoms with Crippen molar-refractivity contribution in [3.63, 3.8) is 0 Å². The number of hydrogen-bond acceptors (Lipinski definition) is 5. The van der Waals surface area contributed by atoms with E-state index in [0.717, 1.165) is 38.8 Å². The van der Waals surface area contributed by atoms with Gasteiger partial charge in [0, 0.05) is 30.8 Å². The minimum atomic E-state index is -0.427. The topological polar surface area (TPSA) is 87.5 Å². The standard InChI is InChI=1S/C17H24N4O3/c1-20-8-2-3-12(11-20)10-18-15-7-4-13(9-16(15)21(23)24)17(22)19-14-5-6-14/h4,7,9,12,14,18H,2-3,5-6,8,10-11H2,1H3,(H,19,22). The van der Waals surface area contributed by atoms with Crippen molar-refractivity contribution < 1.29 is 9.72 Å². The minimum absolute atomic E-state index is 0.0392. The van der Waals surface area contributed by atoms with Crippen molar-refractivity contribution >= 4 is 17.3 Å². The molecule has 1 aromatic rings. The molecule has 1 atom stereocenters. The van der Waals surface area contributed by atoms with Crippen LogP contribution in [0.25, 0.3) is 0 Å². The molecule has 1 aliphatic carbocycles. The fourth-order valence-electron chi connectivity index (χ4n) is 3.16. The van der Waals surface area contributed by atoms with Crippen LogP contribution in [0.15, 0.2) is 18.2 Å². The lowest BCUT2D eigenvalue weighted by Crippen LogP contribution is -2.35. The van der Waals surface area contributed by atoms with E-state index in [1.54, 1.807) is 12.1 Å². The van der Waals surface area contributed by atoms with Gasteiger partial charge in [0.25, 0.3) is 11.6 Å². The fourth-order valence-corrected chi connectivity index (χ4v) is 3.16. The molecule has 1 saturated heterocycles. The number of benzene rings is 1. The van der Waals surface area contributed by atoms with Crippen LogP contribution in [0, 0.1) is 16.0 Å². The molecule has 2 fully saturated rings. The highest BCUT2D eigenvalue weighted by Crippen LogP contribution is 2.27. The molecular weight excluding hydrogens is 308 g/mol. The average Bonchev–Trinajstić information content (AvgIpc) is 3.36. The van der Waals surface area contributed by atoms with Gasteiger partial charge in [0.15, 0.2) is 0 Å². The van der Waals surface area contributed by atoms with E-state index >= 15 is 0 Å². The number of nitrogens with one attached hydrogen (secondary N) is 2. The Morgan fingerprint density at radius 2 is 2.17 bits per heavy atom. The van der Waals surface area contributed by atoms with Gasteiger partial charge in [0.2, 0.25) is 0 Å². The first-order valence-corrected chi connectivity index (χ1v) is 8.54. The number of hydrogen-bond donors (Lipinski definition) is 2. The van der Waals surface area contributed by atoms with Crippen LogP contribution in [0.5, 0.6) is 0 Å². The first kappa shape index (κ1) is 16.7.